The van der Waals surface area contributed by atoms with E-state index < -0.39 is 26.0 Å². The summed E-state index contributed by atoms with van der Waals surface area (Å²) >= 11 is 12.1. The predicted octanol–water partition coefficient (Wildman–Crippen LogP) is 2.75. The van der Waals surface area contributed by atoms with Crippen LogP contribution < -0.4 is 10.1 Å². The number of benzene rings is 2. The van der Waals surface area contributed by atoms with E-state index in [2.05, 4.69) is 5.32 Å². The van der Waals surface area contributed by atoms with E-state index in [4.69, 9.17) is 32.7 Å². The normalized spacial score (nSPS) is 19.5. The van der Waals surface area contributed by atoms with Crippen LogP contribution in [0.2, 0.25) is 10.0 Å². The van der Waals surface area contributed by atoms with Gasteiger partial charge >= 0.3 is 0 Å². The van der Waals surface area contributed by atoms with Crippen LogP contribution in [-0.4, -0.2) is 83.9 Å². The molecule has 4 rings (SSSR count). The molecule has 2 aromatic carbocycles. The Kier molecular flexibility index (Phi) is 10.1. The molecule has 14 heteroatoms. The van der Waals surface area contributed by atoms with Gasteiger partial charge in [-0.25, -0.2) is 21.1 Å². The molecule has 214 valence electrons. The van der Waals surface area contributed by atoms with E-state index in [-0.39, 0.29) is 41.3 Å². The molecule has 2 fully saturated rings. The van der Waals surface area contributed by atoms with Gasteiger partial charge in [0.2, 0.25) is 26.0 Å². The lowest BCUT2D eigenvalue weighted by Gasteiger charge is -2.31. The second kappa shape index (κ2) is 13.2. The zero-order valence-electron chi connectivity index (χ0n) is 21.2. The number of carbonyl (C=O) groups excluding carboxylic acids is 1. The van der Waals surface area contributed by atoms with Crippen LogP contribution in [0.15, 0.2) is 47.4 Å². The molecule has 10 nitrogen and oxygen atoms in total. The standard InChI is InChI=1S/C25H31Cl2N3O7S2/c26-21-4-3-20(24(27)16-21)18-38(32,33)30-10-1-2-19(17-30)25(31)28-9-13-37-22-5-7-23(8-6-22)39(34,35)29-11-14-36-15-12-29/h3-8,16,19H,1-2,9-15,17-18H2,(H,28,31). The second-order valence-electron chi connectivity index (χ2n) is 9.32. The third-order valence-electron chi connectivity index (χ3n) is 6.60. The fraction of sp³-hybridized carbons (Fsp3) is 0.480. The van der Waals surface area contributed by atoms with E-state index in [1.54, 1.807) is 24.3 Å². The summed E-state index contributed by atoms with van der Waals surface area (Å²) in [6, 6.07) is 10.8. The lowest BCUT2D eigenvalue weighted by Crippen LogP contribution is -2.46. The lowest BCUT2D eigenvalue weighted by molar-refractivity contribution is -0.126. The highest BCUT2D eigenvalue weighted by molar-refractivity contribution is 7.89. The molecule has 0 radical (unpaired) electrons. The SMILES string of the molecule is O=C(NCCOc1ccc(S(=O)(=O)N2CCOCC2)cc1)C1CCCN(S(=O)(=O)Cc2ccc(Cl)cc2Cl)C1. The fourth-order valence-electron chi connectivity index (χ4n) is 4.47. The quantitative estimate of drug-likeness (QED) is 0.406. The van der Waals surface area contributed by atoms with Crippen LogP contribution >= 0.6 is 23.2 Å². The molecular weight excluding hydrogens is 589 g/mol. The van der Waals surface area contributed by atoms with Crippen molar-refractivity contribution >= 4 is 49.2 Å². The number of piperidine rings is 1. The molecule has 2 heterocycles. The monoisotopic (exact) mass is 619 g/mol. The molecular formula is C25H31Cl2N3O7S2. The number of sulfonamides is 2. The van der Waals surface area contributed by atoms with Gasteiger partial charge in [-0.2, -0.15) is 4.31 Å². The molecule has 0 aliphatic carbocycles. The average Bonchev–Trinajstić information content (AvgIpc) is 2.93. The second-order valence-corrected chi connectivity index (χ2v) is 14.1. The molecule has 39 heavy (non-hydrogen) atoms. The molecule has 2 saturated heterocycles. The van der Waals surface area contributed by atoms with Gasteiger partial charge in [-0.15, -0.1) is 0 Å². The summed E-state index contributed by atoms with van der Waals surface area (Å²) in [5.41, 5.74) is 0.455. The van der Waals surface area contributed by atoms with Crippen molar-refractivity contribution in [1.82, 2.24) is 13.9 Å². The number of ether oxygens (including phenoxy) is 2. The number of amides is 1. The molecule has 0 saturated carbocycles. The number of nitrogens with zero attached hydrogens (tertiary/aromatic N) is 2. The summed E-state index contributed by atoms with van der Waals surface area (Å²) in [5, 5.41) is 3.51. The first-order chi connectivity index (χ1) is 18.6. The number of morpholine rings is 1. The van der Waals surface area contributed by atoms with Gasteiger partial charge in [0.05, 0.1) is 36.3 Å². The van der Waals surface area contributed by atoms with Crippen molar-refractivity contribution in [2.24, 2.45) is 5.92 Å². The van der Waals surface area contributed by atoms with Gasteiger partial charge in [-0.1, -0.05) is 29.3 Å². The molecule has 2 aliphatic heterocycles. The van der Waals surface area contributed by atoms with Crippen LogP contribution in [0.4, 0.5) is 0 Å². The maximum Gasteiger partial charge on any atom is 0.243 e. The van der Waals surface area contributed by atoms with E-state index in [0.717, 1.165) is 0 Å². The number of nitrogens with one attached hydrogen (secondary N) is 1. The van der Waals surface area contributed by atoms with Crippen molar-refractivity contribution in [2.75, 3.05) is 52.5 Å². The minimum atomic E-state index is -3.67. The molecule has 1 N–H and O–H groups in total. The number of rotatable bonds is 10. The highest BCUT2D eigenvalue weighted by atomic mass is 35.5. The average molecular weight is 621 g/mol. The largest absolute Gasteiger partial charge is 0.492 e. The Hall–Kier alpha value is -1.93. The van der Waals surface area contributed by atoms with Gasteiger partial charge in [0.25, 0.3) is 0 Å². The summed E-state index contributed by atoms with van der Waals surface area (Å²) < 4.78 is 65.0. The molecule has 1 amide bonds. The summed E-state index contributed by atoms with van der Waals surface area (Å²) in [6.07, 6.45) is 1.15. The highest BCUT2D eigenvalue weighted by Crippen LogP contribution is 2.26. The van der Waals surface area contributed by atoms with Crippen molar-refractivity contribution in [3.8, 4) is 5.75 Å². The Bertz CT molecular complexity index is 1370. The van der Waals surface area contributed by atoms with Gasteiger partial charge in [0, 0.05) is 36.2 Å². The van der Waals surface area contributed by atoms with Gasteiger partial charge < -0.3 is 14.8 Å². The van der Waals surface area contributed by atoms with Gasteiger partial charge in [-0.3, -0.25) is 4.79 Å². The van der Waals surface area contributed by atoms with E-state index >= 15 is 0 Å². The Balaban J connectivity index is 1.23. The van der Waals surface area contributed by atoms with Crippen molar-refractivity contribution in [3.05, 3.63) is 58.1 Å². The third-order valence-corrected chi connectivity index (χ3v) is 10.9. The van der Waals surface area contributed by atoms with Crippen LogP contribution in [0.5, 0.6) is 5.75 Å². The minimum Gasteiger partial charge on any atom is -0.492 e. The van der Waals surface area contributed by atoms with Crippen molar-refractivity contribution in [2.45, 2.75) is 23.5 Å². The Morgan fingerprint density at radius 1 is 1.00 bits per heavy atom. The summed E-state index contributed by atoms with van der Waals surface area (Å²) in [5.74, 6) is -0.507. The zero-order valence-corrected chi connectivity index (χ0v) is 24.4. The van der Waals surface area contributed by atoms with Gasteiger partial charge in [-0.05, 0) is 54.8 Å². The fourth-order valence-corrected chi connectivity index (χ4v) is 8.07. The topological polar surface area (TPSA) is 122 Å². The van der Waals surface area contributed by atoms with Crippen LogP contribution in [0.3, 0.4) is 0 Å². The maximum atomic E-state index is 13.0. The number of hydrogen-bond donors (Lipinski definition) is 1. The van der Waals surface area contributed by atoms with Crippen molar-refractivity contribution < 1.29 is 31.1 Å². The highest BCUT2D eigenvalue weighted by Gasteiger charge is 2.32. The molecule has 2 aromatic rings. The Labute approximate surface area is 239 Å². The zero-order chi connectivity index (χ0) is 28.0. The number of carbonyl (C=O) groups is 1. The molecule has 0 spiro atoms. The third kappa shape index (κ3) is 7.84. The predicted molar refractivity (Wildman–Crippen MR) is 148 cm³/mol. The van der Waals surface area contributed by atoms with E-state index in [9.17, 15) is 21.6 Å². The van der Waals surface area contributed by atoms with Gasteiger partial charge in [0.1, 0.15) is 12.4 Å². The molecule has 1 atom stereocenters. The van der Waals surface area contributed by atoms with Crippen molar-refractivity contribution in [3.63, 3.8) is 0 Å². The summed E-state index contributed by atoms with van der Waals surface area (Å²) in [6.45, 7) is 2.22. The van der Waals surface area contributed by atoms with Crippen LogP contribution in [0.25, 0.3) is 0 Å². The first-order valence-corrected chi connectivity index (χ1v) is 16.4. The minimum absolute atomic E-state index is 0.0965. The molecule has 0 bridgehead atoms. The van der Waals surface area contributed by atoms with Crippen LogP contribution in [0.1, 0.15) is 18.4 Å². The Morgan fingerprint density at radius 2 is 1.72 bits per heavy atom. The van der Waals surface area contributed by atoms with E-state index in [0.29, 0.717) is 62.0 Å². The van der Waals surface area contributed by atoms with Crippen LogP contribution in [-0.2, 0) is 35.3 Å². The number of halogens is 2. The van der Waals surface area contributed by atoms with Crippen molar-refractivity contribution in [1.29, 1.82) is 0 Å². The van der Waals surface area contributed by atoms with Crippen LogP contribution in [0, 0.1) is 5.92 Å². The molecule has 1 unspecified atom stereocenters. The van der Waals surface area contributed by atoms with E-state index in [1.165, 1.54) is 26.8 Å². The first-order valence-electron chi connectivity index (χ1n) is 12.6. The van der Waals surface area contributed by atoms with E-state index in [1.807, 2.05) is 0 Å². The van der Waals surface area contributed by atoms with Gasteiger partial charge in [0.15, 0.2) is 0 Å². The maximum absolute atomic E-state index is 13.0. The summed E-state index contributed by atoms with van der Waals surface area (Å²) in [4.78, 5) is 12.9. The number of hydrogen-bond acceptors (Lipinski definition) is 7. The molecule has 0 aromatic heterocycles. The molecule has 2 aliphatic rings. The Morgan fingerprint density at radius 3 is 2.41 bits per heavy atom. The smallest absolute Gasteiger partial charge is 0.243 e. The summed E-state index contributed by atoms with van der Waals surface area (Å²) in [7, 11) is -7.25. The lowest BCUT2D eigenvalue weighted by atomic mass is 9.99. The first kappa shape index (κ1) is 30.0.